The second kappa shape index (κ2) is 29.6. The van der Waals surface area contributed by atoms with E-state index in [0.717, 1.165) is 25.7 Å². The highest BCUT2D eigenvalue weighted by Gasteiger charge is 2.36. The summed E-state index contributed by atoms with van der Waals surface area (Å²) >= 11 is 0. The molecule has 0 aliphatic carbocycles. The van der Waals surface area contributed by atoms with E-state index in [9.17, 15) is 19.2 Å². The second-order valence-electron chi connectivity index (χ2n) is 25.7. The number of unbranched alkanes of at least 4 members (excludes halogenated alkanes) is 8. The molecule has 0 radical (unpaired) electrons. The first-order chi connectivity index (χ1) is 47.7. The van der Waals surface area contributed by atoms with Crippen LogP contribution in [-0.4, -0.2) is 101 Å². The molecule has 0 aromatic heterocycles. The number of ether oxygens (including phenoxy) is 8. The Kier molecular flexibility index (Phi) is 20.6. The van der Waals surface area contributed by atoms with Gasteiger partial charge in [0.1, 0.15) is 0 Å². The minimum Gasteiger partial charge on any atom is -0.462 e. The van der Waals surface area contributed by atoms with Crippen molar-refractivity contribution in [2.45, 2.75) is 158 Å². The number of esters is 8. The van der Waals surface area contributed by atoms with Crippen molar-refractivity contribution in [3.8, 4) is 0 Å². The summed E-state index contributed by atoms with van der Waals surface area (Å²) in [5.41, 5.74) is 0.531. The van der Waals surface area contributed by atoms with Crippen molar-refractivity contribution in [3.63, 3.8) is 0 Å². The van der Waals surface area contributed by atoms with Crippen LogP contribution in [0.5, 0.6) is 0 Å². The molecule has 16 nitrogen and oxygen atoms in total. The van der Waals surface area contributed by atoms with Gasteiger partial charge in [-0.1, -0.05) is 131 Å². The van der Waals surface area contributed by atoms with E-state index in [1.807, 2.05) is 55.4 Å². The molecule has 508 valence electrons. The molecule has 0 amide bonds. The van der Waals surface area contributed by atoms with Crippen molar-refractivity contribution in [2.75, 3.05) is 52.9 Å². The molecule has 0 heterocycles. The Bertz CT molecular complexity index is 4470. The molecule has 12 aromatic rings. The van der Waals surface area contributed by atoms with Crippen LogP contribution >= 0.6 is 0 Å². The molecule has 16 heteroatoms. The highest BCUT2D eigenvalue weighted by molar-refractivity contribution is 6.55. The molecule has 0 bridgehead atoms. The minimum atomic E-state index is -0.726. The molecule has 98 heavy (non-hydrogen) atoms. The topological polar surface area (TPSA) is 210 Å². The molecule has 0 aliphatic heterocycles. The summed E-state index contributed by atoms with van der Waals surface area (Å²) < 4.78 is 49.1. The maximum atomic E-state index is 15.6. The molecule has 0 atom stereocenters. The number of benzene rings is 12. The van der Waals surface area contributed by atoms with Crippen LogP contribution in [0.3, 0.4) is 0 Å². The van der Waals surface area contributed by atoms with Crippen LogP contribution in [0.25, 0.3) is 118 Å². The lowest BCUT2D eigenvalue weighted by Gasteiger charge is -2.27. The zero-order valence-corrected chi connectivity index (χ0v) is 57.4. The van der Waals surface area contributed by atoms with Crippen LogP contribution in [-0.2, 0) is 37.9 Å². The Balaban J connectivity index is 1.43. The van der Waals surface area contributed by atoms with E-state index >= 15 is 19.2 Å². The highest BCUT2D eigenvalue weighted by Crippen LogP contribution is 2.57. The third kappa shape index (κ3) is 11.8. The molecule has 0 spiro atoms. The quantitative estimate of drug-likeness (QED) is 0.0126. The number of hydrogen-bond donors (Lipinski definition) is 0. The predicted octanol–water partition coefficient (Wildman–Crippen LogP) is 19.8. The fourth-order valence-corrected chi connectivity index (χ4v) is 14.2. The Morgan fingerprint density at radius 3 is 0.510 bits per heavy atom. The number of fused-ring (bicyclic) bond motifs is 7. The van der Waals surface area contributed by atoms with Gasteiger partial charge in [0.2, 0.25) is 0 Å². The smallest absolute Gasteiger partial charge is 0.338 e. The van der Waals surface area contributed by atoms with E-state index in [-0.39, 0.29) is 119 Å². The lowest BCUT2D eigenvalue weighted by Crippen LogP contribution is -2.14. The van der Waals surface area contributed by atoms with Crippen molar-refractivity contribution < 1.29 is 76.3 Å². The fourth-order valence-electron chi connectivity index (χ4n) is 14.2. The summed E-state index contributed by atoms with van der Waals surface area (Å²) in [6.45, 7) is 16.5. The lowest BCUT2D eigenvalue weighted by atomic mass is 9.75. The maximum Gasteiger partial charge on any atom is 0.338 e. The summed E-state index contributed by atoms with van der Waals surface area (Å²) in [6, 6.07) is 20.7. The fraction of sp³-hybridized carbons (Fsp3) is 0.390. The summed E-state index contributed by atoms with van der Waals surface area (Å²) in [5, 5.41) is 9.71. The van der Waals surface area contributed by atoms with Gasteiger partial charge in [-0.15, -0.1) is 0 Å². The van der Waals surface area contributed by atoms with Crippen LogP contribution in [0, 0.1) is 0 Å². The molecule has 12 rings (SSSR count). The molecule has 0 saturated carbocycles. The number of carbonyl (C=O) groups is 8. The molecular weight excluding hydrogens is 1240 g/mol. The largest absolute Gasteiger partial charge is 0.462 e. The van der Waals surface area contributed by atoms with Gasteiger partial charge in [-0.05, 0) is 197 Å². The van der Waals surface area contributed by atoms with E-state index in [0.29, 0.717) is 174 Å². The van der Waals surface area contributed by atoms with E-state index in [1.54, 1.807) is 72.8 Å². The Morgan fingerprint density at radius 2 is 0.347 bits per heavy atom. The van der Waals surface area contributed by atoms with Crippen LogP contribution in [0.2, 0.25) is 0 Å². The average Bonchev–Trinajstić information content (AvgIpc) is 0.651. The molecule has 0 aliphatic rings. The number of carbonyl (C=O) groups excluding carboxylic acids is 8. The van der Waals surface area contributed by atoms with E-state index in [4.69, 9.17) is 37.9 Å². The van der Waals surface area contributed by atoms with Crippen LogP contribution in [0.1, 0.15) is 241 Å². The summed E-state index contributed by atoms with van der Waals surface area (Å²) in [5.74, 6) is -5.58. The van der Waals surface area contributed by atoms with Crippen molar-refractivity contribution in [1.29, 1.82) is 0 Å². The summed E-state index contributed by atoms with van der Waals surface area (Å²) in [4.78, 5) is 122. The third-order valence-corrected chi connectivity index (χ3v) is 19.1. The normalized spacial score (nSPS) is 12.0. The van der Waals surface area contributed by atoms with Gasteiger partial charge in [-0.3, -0.25) is 0 Å². The summed E-state index contributed by atoms with van der Waals surface area (Å²) in [7, 11) is 0. The molecule has 0 fully saturated rings. The van der Waals surface area contributed by atoms with Crippen LogP contribution in [0.4, 0.5) is 0 Å². The molecular formula is C82H84O16. The first-order valence-corrected chi connectivity index (χ1v) is 35.4. The van der Waals surface area contributed by atoms with Gasteiger partial charge in [0.15, 0.2) is 0 Å². The van der Waals surface area contributed by atoms with E-state index in [2.05, 4.69) is 0 Å². The standard InChI is InChI=1S/C82H84O16/c1-9-17-33-91-75(83)49-29-25-45-46-26-30-50(76(84)92-34-18-10-2)62-58(80(88)96-38-22-14-6)42-54-66-56-44-60(82(90)98-40-24-16-8)64-52(78(86)94-36-20-12-4)32-28-48-47-27-31-51(77(85)93-35-19-11-3)63-59(81(89)97-39-23-15-7)43-55(73(69(47)63)74(56)70(48)64)65(66)53-41-57(79(87)95-37-21-13-5)61(49)67(45)71(53)72(54)68(46)62/h25-32,41-44H,9-24,33-40H2,1-8H3. The van der Waals surface area contributed by atoms with Gasteiger partial charge in [0, 0.05) is 21.5 Å². The Hall–Kier alpha value is -9.70. The van der Waals surface area contributed by atoms with Crippen LogP contribution in [0.15, 0.2) is 72.8 Å². The van der Waals surface area contributed by atoms with Crippen LogP contribution < -0.4 is 0 Å². The molecule has 0 saturated heterocycles. The lowest BCUT2D eigenvalue weighted by molar-refractivity contribution is 0.0485. The van der Waals surface area contributed by atoms with Crippen molar-refractivity contribution >= 4 is 166 Å². The van der Waals surface area contributed by atoms with Gasteiger partial charge in [-0.25, -0.2) is 38.4 Å². The molecule has 0 unspecified atom stereocenters. The van der Waals surface area contributed by atoms with Gasteiger partial charge >= 0.3 is 47.8 Å². The average molecular weight is 1330 g/mol. The monoisotopic (exact) mass is 1320 g/mol. The molecule has 0 N–H and O–H groups in total. The number of hydrogen-bond acceptors (Lipinski definition) is 16. The summed E-state index contributed by atoms with van der Waals surface area (Å²) in [6.07, 6.45) is 10.3. The third-order valence-electron chi connectivity index (χ3n) is 19.1. The Labute approximate surface area is 568 Å². The maximum absolute atomic E-state index is 15.6. The highest BCUT2D eigenvalue weighted by atomic mass is 16.6. The van der Waals surface area contributed by atoms with Crippen molar-refractivity contribution in [2.24, 2.45) is 0 Å². The van der Waals surface area contributed by atoms with E-state index in [1.165, 1.54) is 0 Å². The molecule has 12 aromatic carbocycles. The van der Waals surface area contributed by atoms with Gasteiger partial charge in [-0.2, -0.15) is 0 Å². The van der Waals surface area contributed by atoms with Gasteiger partial charge < -0.3 is 37.9 Å². The van der Waals surface area contributed by atoms with Crippen molar-refractivity contribution in [1.82, 2.24) is 0 Å². The van der Waals surface area contributed by atoms with E-state index < -0.39 is 47.8 Å². The SMILES string of the molecule is CCCCOC(=O)c1ccc2c3ccc(C(=O)OCCCC)c4c(C(=O)OCCCC)cc5c6c7cc(C(=O)OCCCC)c8c(C(=O)OCCCC)ccc9c%10ccc(C(=O)OCCCC)c%11c(C(=O)OCCCC)cc(c6c6cc(C(=O)OCCCC)c1c2c6c5c43)c(c%11%10)c7c89. The first kappa shape index (κ1) is 68.2. The van der Waals surface area contributed by atoms with Gasteiger partial charge in [0.25, 0.3) is 0 Å². The first-order valence-electron chi connectivity index (χ1n) is 35.4. The predicted molar refractivity (Wildman–Crippen MR) is 385 cm³/mol. The Morgan fingerprint density at radius 1 is 0.194 bits per heavy atom. The van der Waals surface area contributed by atoms with Crippen molar-refractivity contribution in [3.05, 3.63) is 117 Å². The second-order valence-corrected chi connectivity index (χ2v) is 25.7. The van der Waals surface area contributed by atoms with Gasteiger partial charge in [0.05, 0.1) is 97.4 Å². The minimum absolute atomic E-state index is 0.0332. The number of rotatable bonds is 32. The zero-order chi connectivity index (χ0) is 69.1. The zero-order valence-electron chi connectivity index (χ0n) is 57.4.